The van der Waals surface area contributed by atoms with Gasteiger partial charge in [0.2, 0.25) is 0 Å². The Balaban J connectivity index is 1.51. The van der Waals surface area contributed by atoms with Gasteiger partial charge in [0.1, 0.15) is 18.2 Å². The maximum Gasteiger partial charge on any atom is 0.255 e. The molecule has 0 spiro atoms. The molecule has 0 aliphatic heterocycles. The fourth-order valence-electron chi connectivity index (χ4n) is 3.16. The van der Waals surface area contributed by atoms with E-state index in [1.165, 1.54) is 17.5 Å². The van der Waals surface area contributed by atoms with Crippen molar-refractivity contribution in [3.63, 3.8) is 0 Å². The van der Waals surface area contributed by atoms with E-state index in [2.05, 4.69) is 15.6 Å². The molecule has 0 atom stereocenters. The van der Waals surface area contributed by atoms with Gasteiger partial charge in [-0.25, -0.2) is 4.98 Å². The molecule has 2 heterocycles. The van der Waals surface area contributed by atoms with Gasteiger partial charge >= 0.3 is 0 Å². The molecule has 0 unspecified atom stereocenters. The fourth-order valence-corrected chi connectivity index (χ4v) is 4.36. The van der Waals surface area contributed by atoms with E-state index in [1.807, 2.05) is 5.38 Å². The first kappa shape index (κ1) is 21.6. The second-order valence-electron chi connectivity index (χ2n) is 6.88. The van der Waals surface area contributed by atoms with Crippen LogP contribution in [0.2, 0.25) is 5.02 Å². The molecule has 2 aromatic carbocycles. The van der Waals surface area contributed by atoms with Crippen LogP contribution >= 0.6 is 22.9 Å². The Bertz CT molecular complexity index is 1300. The molecule has 0 saturated heterocycles. The van der Waals surface area contributed by atoms with Crippen LogP contribution in [0.25, 0.3) is 10.1 Å². The maximum absolute atomic E-state index is 12.6. The van der Waals surface area contributed by atoms with E-state index in [4.69, 9.17) is 22.1 Å². The molecule has 7 nitrogen and oxygen atoms in total. The SMILES string of the molecule is CNC(=O)c1cnc(N)c2c(COc3cccc(C(=O)Nc4ccc(Cl)cc4)c3)csc12. The fraction of sp³-hybridized carbons (Fsp3) is 0.0870. The molecule has 4 rings (SSSR count). The van der Waals surface area contributed by atoms with Gasteiger partial charge in [-0.2, -0.15) is 0 Å². The Kier molecular flexibility index (Phi) is 6.25. The highest BCUT2D eigenvalue weighted by Gasteiger charge is 2.17. The maximum atomic E-state index is 12.6. The average Bonchev–Trinajstić information content (AvgIpc) is 3.24. The molecule has 0 aliphatic carbocycles. The minimum atomic E-state index is -0.262. The molecule has 162 valence electrons. The van der Waals surface area contributed by atoms with Crippen molar-refractivity contribution < 1.29 is 14.3 Å². The van der Waals surface area contributed by atoms with Crippen LogP contribution in [-0.4, -0.2) is 23.8 Å². The van der Waals surface area contributed by atoms with Crippen molar-refractivity contribution in [1.82, 2.24) is 10.3 Å². The Hall–Kier alpha value is -3.62. The molecule has 0 aliphatic rings. The number of ether oxygens (including phenoxy) is 1. The van der Waals surface area contributed by atoms with E-state index in [-0.39, 0.29) is 18.4 Å². The molecule has 4 aromatic rings. The zero-order valence-electron chi connectivity index (χ0n) is 17.0. The predicted octanol–water partition coefficient (Wildman–Crippen LogP) is 4.72. The van der Waals surface area contributed by atoms with Crippen LogP contribution < -0.4 is 21.1 Å². The van der Waals surface area contributed by atoms with Crippen molar-refractivity contribution in [1.29, 1.82) is 0 Å². The summed E-state index contributed by atoms with van der Waals surface area (Å²) in [6.07, 6.45) is 1.47. The molecule has 0 radical (unpaired) electrons. The number of benzene rings is 2. The van der Waals surface area contributed by atoms with E-state index in [1.54, 1.807) is 55.6 Å². The van der Waals surface area contributed by atoms with Gasteiger partial charge in [0.15, 0.2) is 0 Å². The standard InChI is InChI=1S/C23H19ClN4O3S/c1-26-23(30)18-10-27-21(25)19-14(12-32-20(18)19)11-31-17-4-2-3-13(9-17)22(29)28-16-7-5-15(24)6-8-16/h2-10,12H,11H2,1H3,(H2,25,27)(H,26,30)(H,28,29). The number of thiophene rings is 1. The molecule has 4 N–H and O–H groups in total. The minimum Gasteiger partial charge on any atom is -0.489 e. The highest BCUT2D eigenvalue weighted by atomic mass is 35.5. The van der Waals surface area contributed by atoms with E-state index in [0.29, 0.717) is 38.8 Å². The highest BCUT2D eigenvalue weighted by molar-refractivity contribution is 7.17. The predicted molar refractivity (Wildman–Crippen MR) is 128 cm³/mol. The summed E-state index contributed by atoms with van der Waals surface area (Å²) >= 11 is 7.29. The van der Waals surface area contributed by atoms with E-state index in [0.717, 1.165) is 10.3 Å². The van der Waals surface area contributed by atoms with Gasteiger partial charge in [0, 0.05) is 40.5 Å². The molecule has 0 saturated carbocycles. The van der Waals surface area contributed by atoms with Gasteiger partial charge in [-0.1, -0.05) is 17.7 Å². The number of nitrogens with one attached hydrogen (secondary N) is 2. The number of hydrogen-bond acceptors (Lipinski definition) is 6. The number of hydrogen-bond donors (Lipinski definition) is 3. The normalized spacial score (nSPS) is 10.7. The van der Waals surface area contributed by atoms with E-state index in [9.17, 15) is 9.59 Å². The topological polar surface area (TPSA) is 106 Å². The number of carbonyl (C=O) groups excluding carboxylic acids is 2. The summed E-state index contributed by atoms with van der Waals surface area (Å²) in [4.78, 5) is 28.8. The number of amides is 2. The smallest absolute Gasteiger partial charge is 0.255 e. The molecule has 0 fully saturated rings. The third-order valence-electron chi connectivity index (χ3n) is 4.77. The number of nitrogens with two attached hydrogens (primary N) is 1. The van der Waals surface area contributed by atoms with Gasteiger partial charge in [-0.05, 0) is 47.8 Å². The first-order chi connectivity index (χ1) is 15.5. The van der Waals surface area contributed by atoms with Crippen molar-refractivity contribution in [2.75, 3.05) is 18.1 Å². The Morgan fingerprint density at radius 3 is 2.69 bits per heavy atom. The van der Waals surface area contributed by atoms with Gasteiger partial charge < -0.3 is 21.1 Å². The Morgan fingerprint density at radius 1 is 1.16 bits per heavy atom. The largest absolute Gasteiger partial charge is 0.489 e. The lowest BCUT2D eigenvalue weighted by molar-refractivity contribution is 0.0963. The van der Waals surface area contributed by atoms with Gasteiger partial charge in [-0.15, -0.1) is 11.3 Å². The zero-order chi connectivity index (χ0) is 22.7. The lowest BCUT2D eigenvalue weighted by Gasteiger charge is -2.09. The highest BCUT2D eigenvalue weighted by Crippen LogP contribution is 2.33. The monoisotopic (exact) mass is 466 g/mol. The van der Waals surface area contributed by atoms with Crippen LogP contribution in [0.1, 0.15) is 26.3 Å². The minimum absolute atomic E-state index is 0.214. The van der Waals surface area contributed by atoms with Gasteiger partial charge in [0.25, 0.3) is 11.8 Å². The number of halogens is 1. The summed E-state index contributed by atoms with van der Waals surface area (Å²) in [5.41, 5.74) is 8.46. The lowest BCUT2D eigenvalue weighted by Crippen LogP contribution is -2.18. The lowest BCUT2D eigenvalue weighted by atomic mass is 10.1. The summed E-state index contributed by atoms with van der Waals surface area (Å²) in [5, 5.41) is 8.62. The van der Waals surface area contributed by atoms with Crippen molar-refractivity contribution in [2.24, 2.45) is 0 Å². The summed E-state index contributed by atoms with van der Waals surface area (Å²) in [6, 6.07) is 13.8. The number of aromatic nitrogens is 1. The Labute approximate surface area is 193 Å². The summed E-state index contributed by atoms with van der Waals surface area (Å²) in [5.74, 6) is 0.379. The second kappa shape index (κ2) is 9.25. The van der Waals surface area contributed by atoms with Crippen molar-refractivity contribution in [3.05, 3.63) is 81.8 Å². The summed E-state index contributed by atoms with van der Waals surface area (Å²) in [6.45, 7) is 0.214. The Morgan fingerprint density at radius 2 is 1.94 bits per heavy atom. The molecule has 2 aromatic heterocycles. The zero-order valence-corrected chi connectivity index (χ0v) is 18.6. The number of nitrogen functional groups attached to an aromatic ring is 1. The third-order valence-corrected chi connectivity index (χ3v) is 6.08. The first-order valence-corrected chi connectivity index (χ1v) is 10.9. The molecule has 9 heteroatoms. The number of rotatable bonds is 6. The summed E-state index contributed by atoms with van der Waals surface area (Å²) < 4.78 is 6.68. The summed E-state index contributed by atoms with van der Waals surface area (Å²) in [7, 11) is 1.57. The number of fused-ring (bicyclic) bond motifs is 1. The van der Waals surface area contributed by atoms with Crippen LogP contribution in [-0.2, 0) is 6.61 Å². The molecular formula is C23H19ClN4O3S. The van der Waals surface area contributed by atoms with Crippen LogP contribution in [0.3, 0.4) is 0 Å². The second-order valence-corrected chi connectivity index (χ2v) is 8.19. The van der Waals surface area contributed by atoms with Crippen molar-refractivity contribution in [3.8, 4) is 5.75 Å². The van der Waals surface area contributed by atoms with Crippen LogP contribution in [0.4, 0.5) is 11.5 Å². The van der Waals surface area contributed by atoms with Crippen molar-refractivity contribution in [2.45, 2.75) is 6.61 Å². The molecule has 32 heavy (non-hydrogen) atoms. The number of nitrogens with zero attached hydrogens (tertiary/aromatic N) is 1. The number of pyridine rings is 1. The first-order valence-electron chi connectivity index (χ1n) is 9.62. The molecule has 0 bridgehead atoms. The van der Waals surface area contributed by atoms with Crippen molar-refractivity contribution >= 4 is 56.3 Å². The van der Waals surface area contributed by atoms with Crippen LogP contribution in [0, 0.1) is 0 Å². The quantitative estimate of drug-likeness (QED) is 0.381. The van der Waals surface area contributed by atoms with Gasteiger partial charge in [-0.3, -0.25) is 9.59 Å². The molecule has 2 amide bonds. The third kappa shape index (κ3) is 4.51. The number of carbonyl (C=O) groups is 2. The van der Waals surface area contributed by atoms with Gasteiger partial charge in [0.05, 0.1) is 10.3 Å². The number of anilines is 2. The van der Waals surface area contributed by atoms with E-state index < -0.39 is 0 Å². The van der Waals surface area contributed by atoms with E-state index >= 15 is 0 Å². The van der Waals surface area contributed by atoms with Crippen LogP contribution in [0.5, 0.6) is 5.75 Å². The average molecular weight is 467 g/mol. The molecular weight excluding hydrogens is 448 g/mol. The van der Waals surface area contributed by atoms with Crippen LogP contribution in [0.15, 0.2) is 60.1 Å².